The molecule has 2 N–H and O–H groups in total. The van der Waals surface area contributed by atoms with Crippen molar-refractivity contribution in [1.82, 2.24) is 19.7 Å². The predicted molar refractivity (Wildman–Crippen MR) is 123 cm³/mol. The molecule has 0 bridgehead atoms. The summed E-state index contributed by atoms with van der Waals surface area (Å²) in [7, 11) is 2.12. The summed E-state index contributed by atoms with van der Waals surface area (Å²) in [6.45, 7) is 0. The summed E-state index contributed by atoms with van der Waals surface area (Å²) in [5.41, 5.74) is 1.52. The zero-order valence-corrected chi connectivity index (χ0v) is 19.2. The molecule has 0 amide bonds. The molecule has 0 spiro atoms. The molecular weight excluding hydrogens is 448 g/mol. The first kappa shape index (κ1) is 22.1. The van der Waals surface area contributed by atoms with Crippen molar-refractivity contribution in [3.8, 4) is 17.2 Å². The van der Waals surface area contributed by atoms with Crippen LogP contribution in [0.15, 0.2) is 53.7 Å². The van der Waals surface area contributed by atoms with Gasteiger partial charge in [0.1, 0.15) is 5.75 Å². The van der Waals surface area contributed by atoms with Crippen molar-refractivity contribution in [1.29, 1.82) is 0 Å². The first-order valence-electron chi connectivity index (χ1n) is 9.71. The highest BCUT2D eigenvalue weighted by Crippen LogP contribution is 2.41. The number of rotatable bonds is 8. The molecule has 4 aromatic rings. The fourth-order valence-corrected chi connectivity index (χ4v) is 4.13. The lowest BCUT2D eigenvalue weighted by atomic mass is 10.2. The minimum atomic E-state index is -4.02. The molecule has 0 atom stereocenters. The van der Waals surface area contributed by atoms with E-state index in [1.54, 1.807) is 37.4 Å². The van der Waals surface area contributed by atoms with Gasteiger partial charge in [-0.2, -0.15) is 13.5 Å². The van der Waals surface area contributed by atoms with Crippen LogP contribution in [-0.2, 0) is 17.1 Å². The molecule has 0 unspecified atom stereocenters. The fraction of sp³-hybridized carbons (Fsp3) is 0.190. The van der Waals surface area contributed by atoms with E-state index in [1.807, 2.05) is 6.07 Å². The monoisotopic (exact) mass is 470 g/mol. The smallest absolute Gasteiger partial charge is 0.282 e. The van der Waals surface area contributed by atoms with Crippen LogP contribution in [0.3, 0.4) is 0 Å². The Kier molecular flexibility index (Phi) is 5.92. The number of fused-ring (bicyclic) bond motifs is 1. The van der Waals surface area contributed by atoms with E-state index in [2.05, 4.69) is 25.1 Å². The molecule has 12 heteroatoms. The summed E-state index contributed by atoms with van der Waals surface area (Å²) >= 11 is 0. The van der Waals surface area contributed by atoms with Gasteiger partial charge in [-0.25, -0.2) is 9.97 Å². The molecule has 2 heterocycles. The van der Waals surface area contributed by atoms with E-state index in [1.165, 1.54) is 38.3 Å². The van der Waals surface area contributed by atoms with Gasteiger partial charge in [-0.1, -0.05) is 12.1 Å². The number of nitrogens with zero attached hydrogens (tertiary/aromatic N) is 4. The van der Waals surface area contributed by atoms with Crippen LogP contribution in [0.25, 0.3) is 11.0 Å². The van der Waals surface area contributed by atoms with E-state index in [4.69, 9.17) is 14.2 Å². The van der Waals surface area contributed by atoms with E-state index in [-0.39, 0.29) is 16.7 Å². The third kappa shape index (κ3) is 4.46. The number of sulfonamides is 1. The number of benzene rings is 2. The molecule has 0 aliphatic carbocycles. The van der Waals surface area contributed by atoms with Crippen molar-refractivity contribution in [2.45, 2.75) is 5.03 Å². The Bertz CT molecular complexity index is 1420. The highest BCUT2D eigenvalue weighted by Gasteiger charge is 2.22. The molecule has 0 saturated heterocycles. The molecule has 2 aromatic heterocycles. The van der Waals surface area contributed by atoms with Crippen molar-refractivity contribution in [3.63, 3.8) is 0 Å². The minimum Gasteiger partial charge on any atom is -0.497 e. The van der Waals surface area contributed by atoms with Crippen LogP contribution >= 0.6 is 0 Å². The highest BCUT2D eigenvalue weighted by atomic mass is 32.2. The first-order chi connectivity index (χ1) is 15.8. The zero-order valence-electron chi connectivity index (χ0n) is 18.4. The number of hydrogen-bond acceptors (Lipinski definition) is 9. The minimum absolute atomic E-state index is 0.0109. The van der Waals surface area contributed by atoms with Crippen LogP contribution in [0.4, 0.5) is 17.3 Å². The van der Waals surface area contributed by atoms with Crippen LogP contribution in [0.1, 0.15) is 0 Å². The third-order valence-corrected chi connectivity index (χ3v) is 5.94. The van der Waals surface area contributed by atoms with Gasteiger partial charge in [0.15, 0.2) is 28.2 Å². The van der Waals surface area contributed by atoms with Crippen molar-refractivity contribution >= 4 is 38.4 Å². The Morgan fingerprint density at radius 1 is 0.909 bits per heavy atom. The molecule has 172 valence electrons. The Hall–Kier alpha value is -4.06. The summed E-state index contributed by atoms with van der Waals surface area (Å²) in [5.74, 6) is 1.44. The maximum atomic E-state index is 12.9. The van der Waals surface area contributed by atoms with Gasteiger partial charge in [0.25, 0.3) is 10.0 Å². The molecule has 2 aromatic carbocycles. The second-order valence-corrected chi connectivity index (χ2v) is 8.51. The second-order valence-electron chi connectivity index (χ2n) is 6.88. The van der Waals surface area contributed by atoms with E-state index < -0.39 is 10.0 Å². The molecule has 33 heavy (non-hydrogen) atoms. The Morgan fingerprint density at radius 2 is 1.61 bits per heavy atom. The molecule has 0 fully saturated rings. The SMILES string of the molecule is COc1cc(Nc2nc3ccccc3nc2NS(=O)(=O)c2ccn(C)n2)c(OC)c(OC)c1. The molecular formula is C21H22N6O5S. The Labute approximate surface area is 190 Å². The lowest BCUT2D eigenvalue weighted by molar-refractivity contribution is 0.350. The lowest BCUT2D eigenvalue weighted by Gasteiger charge is -2.17. The molecule has 0 radical (unpaired) electrons. The maximum Gasteiger partial charge on any atom is 0.282 e. The van der Waals surface area contributed by atoms with Crippen LogP contribution in [0.5, 0.6) is 17.2 Å². The van der Waals surface area contributed by atoms with Gasteiger partial charge in [-0.05, 0) is 18.2 Å². The molecule has 0 saturated carbocycles. The number of anilines is 3. The quantitative estimate of drug-likeness (QED) is 0.399. The number of aryl methyl sites for hydroxylation is 1. The number of para-hydroxylation sites is 2. The third-order valence-electron chi connectivity index (χ3n) is 4.71. The van der Waals surface area contributed by atoms with Crippen LogP contribution in [0, 0.1) is 0 Å². The van der Waals surface area contributed by atoms with Crippen molar-refractivity contribution in [2.24, 2.45) is 7.05 Å². The van der Waals surface area contributed by atoms with Gasteiger partial charge in [-0.15, -0.1) is 0 Å². The van der Waals surface area contributed by atoms with Gasteiger partial charge in [0, 0.05) is 25.4 Å². The van der Waals surface area contributed by atoms with Crippen LogP contribution in [-0.4, -0.2) is 49.5 Å². The summed E-state index contributed by atoms with van der Waals surface area (Å²) in [6, 6.07) is 11.8. The number of hydrogen-bond donors (Lipinski definition) is 2. The average Bonchev–Trinajstić information content (AvgIpc) is 3.26. The molecule has 11 nitrogen and oxygen atoms in total. The van der Waals surface area contributed by atoms with Crippen molar-refractivity contribution in [2.75, 3.05) is 31.4 Å². The number of aromatic nitrogens is 4. The van der Waals surface area contributed by atoms with Gasteiger partial charge >= 0.3 is 0 Å². The Morgan fingerprint density at radius 3 is 2.18 bits per heavy atom. The first-order valence-corrected chi connectivity index (χ1v) is 11.2. The van der Waals surface area contributed by atoms with E-state index in [0.29, 0.717) is 34.0 Å². The molecule has 4 rings (SSSR count). The van der Waals surface area contributed by atoms with Crippen molar-refractivity contribution in [3.05, 3.63) is 48.7 Å². The standard InChI is InChI=1S/C21H22N6O5S/c1-27-10-9-18(25-27)33(28,29)26-21-20(22-14-7-5-6-8-15(14)23-21)24-16-11-13(30-2)12-17(31-3)19(16)32-4/h5-12H,1-4H3,(H,22,24)(H,23,26). The largest absolute Gasteiger partial charge is 0.497 e. The lowest BCUT2D eigenvalue weighted by Crippen LogP contribution is -2.17. The number of methoxy groups -OCH3 is 3. The summed E-state index contributed by atoms with van der Waals surface area (Å²) < 4.78 is 46.0. The molecule has 0 aliphatic heterocycles. The summed E-state index contributed by atoms with van der Waals surface area (Å²) in [6.07, 6.45) is 1.53. The fourth-order valence-electron chi connectivity index (χ4n) is 3.15. The Balaban J connectivity index is 1.84. The number of nitrogens with one attached hydrogen (secondary N) is 2. The predicted octanol–water partition coefficient (Wildman–Crippen LogP) is 2.93. The normalized spacial score (nSPS) is 11.3. The second kappa shape index (κ2) is 8.82. The highest BCUT2D eigenvalue weighted by molar-refractivity contribution is 7.92. The van der Waals surface area contributed by atoms with Gasteiger partial charge in [0.05, 0.1) is 38.1 Å². The topological polar surface area (TPSA) is 129 Å². The summed E-state index contributed by atoms with van der Waals surface area (Å²) in [5, 5.41) is 6.93. The number of ether oxygens (including phenoxy) is 3. The molecule has 0 aliphatic rings. The van der Waals surface area contributed by atoms with Crippen LogP contribution in [0.2, 0.25) is 0 Å². The van der Waals surface area contributed by atoms with Gasteiger partial charge in [-0.3, -0.25) is 9.40 Å². The average molecular weight is 471 g/mol. The summed E-state index contributed by atoms with van der Waals surface area (Å²) in [4.78, 5) is 9.05. The van der Waals surface area contributed by atoms with Gasteiger partial charge in [0.2, 0.25) is 0 Å². The van der Waals surface area contributed by atoms with E-state index in [0.717, 1.165) is 0 Å². The van der Waals surface area contributed by atoms with Crippen molar-refractivity contribution < 1.29 is 22.6 Å². The van der Waals surface area contributed by atoms with Gasteiger partial charge < -0.3 is 19.5 Å². The van der Waals surface area contributed by atoms with E-state index >= 15 is 0 Å². The zero-order chi connectivity index (χ0) is 23.6. The maximum absolute atomic E-state index is 12.9. The van der Waals surface area contributed by atoms with E-state index in [9.17, 15) is 8.42 Å². The van der Waals surface area contributed by atoms with Crippen LogP contribution < -0.4 is 24.2 Å².